The van der Waals surface area contributed by atoms with Crippen LogP contribution in [0, 0.1) is 11.7 Å². The lowest BCUT2D eigenvalue weighted by atomic mass is 9.85. The van der Waals surface area contributed by atoms with Crippen LogP contribution in [0.2, 0.25) is 0 Å². The molecule has 1 fully saturated rings. The molecule has 0 bridgehead atoms. The molecule has 20 heavy (non-hydrogen) atoms. The molecule has 1 unspecified atom stereocenters. The number of hydrogen-bond donors (Lipinski definition) is 2. The van der Waals surface area contributed by atoms with Crippen LogP contribution < -0.4 is 5.32 Å². The second-order valence-electron chi connectivity index (χ2n) is 5.57. The number of carboxylic acids is 1. The number of rotatable bonds is 5. The molecule has 110 valence electrons. The predicted molar refractivity (Wildman–Crippen MR) is 75.9 cm³/mol. The van der Waals surface area contributed by atoms with E-state index < -0.39 is 5.97 Å². The second kappa shape index (κ2) is 6.84. The summed E-state index contributed by atoms with van der Waals surface area (Å²) in [5.41, 5.74) is 0.966. The molecule has 1 aromatic rings. The maximum absolute atomic E-state index is 13.3. The fourth-order valence-electron chi connectivity index (χ4n) is 2.96. The third-order valence-electron chi connectivity index (χ3n) is 4.17. The van der Waals surface area contributed by atoms with Crippen LogP contribution in [0.25, 0.3) is 0 Å². The van der Waals surface area contributed by atoms with Crippen molar-refractivity contribution in [2.75, 3.05) is 0 Å². The third kappa shape index (κ3) is 3.79. The van der Waals surface area contributed by atoms with Crippen molar-refractivity contribution in [2.24, 2.45) is 5.92 Å². The van der Waals surface area contributed by atoms with E-state index in [4.69, 9.17) is 5.11 Å². The Hall–Kier alpha value is -1.42. The molecule has 2 rings (SSSR count). The minimum Gasteiger partial charge on any atom is -0.481 e. The smallest absolute Gasteiger partial charge is 0.306 e. The van der Waals surface area contributed by atoms with Gasteiger partial charge in [0.1, 0.15) is 5.82 Å². The molecule has 1 saturated carbocycles. The molecule has 0 amide bonds. The summed E-state index contributed by atoms with van der Waals surface area (Å²) in [5.74, 6) is -1.08. The van der Waals surface area contributed by atoms with E-state index >= 15 is 0 Å². The van der Waals surface area contributed by atoms with Crippen molar-refractivity contribution in [3.8, 4) is 0 Å². The zero-order chi connectivity index (χ0) is 14.5. The zero-order valence-corrected chi connectivity index (χ0v) is 11.8. The van der Waals surface area contributed by atoms with Gasteiger partial charge in [0.05, 0.1) is 5.92 Å². The molecule has 1 aliphatic carbocycles. The predicted octanol–water partition coefficient (Wildman–Crippen LogP) is 3.51. The van der Waals surface area contributed by atoms with Gasteiger partial charge in [0, 0.05) is 12.1 Å². The van der Waals surface area contributed by atoms with Crippen molar-refractivity contribution >= 4 is 5.97 Å². The van der Waals surface area contributed by atoms with Gasteiger partial charge < -0.3 is 10.4 Å². The van der Waals surface area contributed by atoms with E-state index in [0.717, 1.165) is 37.7 Å². The Morgan fingerprint density at radius 2 is 2.10 bits per heavy atom. The first-order chi connectivity index (χ1) is 9.60. The molecule has 0 heterocycles. The highest BCUT2D eigenvalue weighted by molar-refractivity contribution is 5.70. The number of hydrogen-bond acceptors (Lipinski definition) is 2. The van der Waals surface area contributed by atoms with Gasteiger partial charge in [0.15, 0.2) is 0 Å². The van der Waals surface area contributed by atoms with E-state index in [1.54, 1.807) is 12.1 Å². The van der Waals surface area contributed by atoms with Crippen molar-refractivity contribution in [2.45, 2.75) is 51.1 Å². The van der Waals surface area contributed by atoms with Crippen LogP contribution in [0.3, 0.4) is 0 Å². The lowest BCUT2D eigenvalue weighted by Crippen LogP contribution is -2.37. The van der Waals surface area contributed by atoms with Gasteiger partial charge in [-0.15, -0.1) is 0 Å². The molecule has 1 atom stereocenters. The number of aliphatic carboxylic acids is 1. The number of carboxylic acid groups (broad SMARTS) is 1. The fraction of sp³-hybridized carbons (Fsp3) is 0.562. The van der Waals surface area contributed by atoms with Gasteiger partial charge >= 0.3 is 5.97 Å². The van der Waals surface area contributed by atoms with Crippen molar-refractivity contribution in [1.29, 1.82) is 0 Å². The lowest BCUT2D eigenvalue weighted by molar-refractivity contribution is -0.142. The van der Waals surface area contributed by atoms with Gasteiger partial charge in [-0.1, -0.05) is 19.1 Å². The van der Waals surface area contributed by atoms with Gasteiger partial charge in [0.2, 0.25) is 0 Å². The van der Waals surface area contributed by atoms with Crippen LogP contribution in [0.1, 0.15) is 50.6 Å². The fourth-order valence-corrected chi connectivity index (χ4v) is 2.96. The highest BCUT2D eigenvalue weighted by atomic mass is 19.1. The molecular weight excluding hydrogens is 257 g/mol. The Morgan fingerprint density at radius 3 is 2.65 bits per heavy atom. The first kappa shape index (κ1) is 15.0. The summed E-state index contributed by atoms with van der Waals surface area (Å²) in [6.45, 7) is 2.07. The molecule has 0 spiro atoms. The molecule has 1 aromatic carbocycles. The summed E-state index contributed by atoms with van der Waals surface area (Å²) in [7, 11) is 0. The molecule has 0 aliphatic heterocycles. The minimum atomic E-state index is -0.680. The van der Waals surface area contributed by atoms with Crippen LogP contribution in [0.15, 0.2) is 24.3 Å². The first-order valence-electron chi connectivity index (χ1n) is 7.34. The Kier molecular flexibility index (Phi) is 5.12. The van der Waals surface area contributed by atoms with Gasteiger partial charge in [-0.25, -0.2) is 4.39 Å². The van der Waals surface area contributed by atoms with Crippen molar-refractivity contribution in [1.82, 2.24) is 5.32 Å². The molecular formula is C16H22FNO2. The quantitative estimate of drug-likeness (QED) is 0.867. The average molecular weight is 279 g/mol. The van der Waals surface area contributed by atoms with Crippen LogP contribution in [0.5, 0.6) is 0 Å². The zero-order valence-electron chi connectivity index (χ0n) is 11.8. The maximum Gasteiger partial charge on any atom is 0.306 e. The molecule has 1 aliphatic rings. The Bertz CT molecular complexity index is 456. The highest BCUT2D eigenvalue weighted by Gasteiger charge is 2.27. The first-order valence-corrected chi connectivity index (χ1v) is 7.34. The Balaban J connectivity index is 1.93. The molecule has 0 saturated heterocycles. The number of benzene rings is 1. The van der Waals surface area contributed by atoms with Crippen molar-refractivity contribution in [3.63, 3.8) is 0 Å². The summed E-state index contributed by atoms with van der Waals surface area (Å²) >= 11 is 0. The van der Waals surface area contributed by atoms with Crippen LogP contribution >= 0.6 is 0 Å². The molecule has 0 radical (unpaired) electrons. The average Bonchev–Trinajstić information content (AvgIpc) is 2.45. The number of carbonyl (C=O) groups is 1. The highest BCUT2D eigenvalue weighted by Crippen LogP contribution is 2.27. The van der Waals surface area contributed by atoms with Crippen LogP contribution in [0.4, 0.5) is 4.39 Å². The summed E-state index contributed by atoms with van der Waals surface area (Å²) in [4.78, 5) is 10.9. The minimum absolute atomic E-state index is 0.136. The molecule has 0 aromatic heterocycles. The second-order valence-corrected chi connectivity index (χ2v) is 5.57. The van der Waals surface area contributed by atoms with E-state index in [-0.39, 0.29) is 17.8 Å². The third-order valence-corrected chi connectivity index (χ3v) is 4.17. The van der Waals surface area contributed by atoms with Crippen LogP contribution in [-0.4, -0.2) is 17.1 Å². The normalized spacial score (nSPS) is 24.3. The van der Waals surface area contributed by atoms with E-state index in [1.165, 1.54) is 6.07 Å². The SMILES string of the molecule is CCC(NC1CCC(C(=O)O)CC1)c1cccc(F)c1. The van der Waals surface area contributed by atoms with Crippen LogP contribution in [-0.2, 0) is 4.79 Å². The van der Waals surface area contributed by atoms with Crippen molar-refractivity contribution < 1.29 is 14.3 Å². The monoisotopic (exact) mass is 279 g/mol. The Labute approximate surface area is 119 Å². The molecule has 4 heteroatoms. The number of halogens is 1. The van der Waals surface area contributed by atoms with Gasteiger partial charge in [-0.05, 0) is 49.8 Å². The largest absolute Gasteiger partial charge is 0.481 e. The Morgan fingerprint density at radius 1 is 1.40 bits per heavy atom. The maximum atomic E-state index is 13.3. The van der Waals surface area contributed by atoms with E-state index in [1.807, 2.05) is 6.07 Å². The van der Waals surface area contributed by atoms with Crippen molar-refractivity contribution in [3.05, 3.63) is 35.6 Å². The van der Waals surface area contributed by atoms with Gasteiger partial charge in [-0.2, -0.15) is 0 Å². The van der Waals surface area contributed by atoms with E-state index in [0.29, 0.717) is 6.04 Å². The number of nitrogens with one attached hydrogen (secondary N) is 1. The van der Waals surface area contributed by atoms with Gasteiger partial charge in [-0.3, -0.25) is 4.79 Å². The topological polar surface area (TPSA) is 49.3 Å². The summed E-state index contributed by atoms with van der Waals surface area (Å²) in [5, 5.41) is 12.5. The summed E-state index contributed by atoms with van der Waals surface area (Å²) < 4.78 is 13.3. The van der Waals surface area contributed by atoms with E-state index in [9.17, 15) is 9.18 Å². The lowest BCUT2D eigenvalue weighted by Gasteiger charge is -2.30. The van der Waals surface area contributed by atoms with Gasteiger partial charge in [0.25, 0.3) is 0 Å². The summed E-state index contributed by atoms with van der Waals surface area (Å²) in [6, 6.07) is 7.16. The molecule has 3 nitrogen and oxygen atoms in total. The molecule has 2 N–H and O–H groups in total. The summed E-state index contributed by atoms with van der Waals surface area (Å²) in [6.07, 6.45) is 4.10. The van der Waals surface area contributed by atoms with E-state index in [2.05, 4.69) is 12.2 Å². The standard InChI is InChI=1S/C16H22FNO2/c1-2-15(12-4-3-5-13(17)10-12)18-14-8-6-11(7-9-14)16(19)20/h3-5,10-11,14-15,18H,2,6-9H2,1H3,(H,19,20).